The number of thiazole rings is 1. The van der Waals surface area contributed by atoms with Crippen LogP contribution in [-0.4, -0.2) is 37.8 Å². The predicted molar refractivity (Wildman–Crippen MR) is 206 cm³/mol. The summed E-state index contributed by atoms with van der Waals surface area (Å²) in [6, 6.07) is 40.1. The lowest BCUT2D eigenvalue weighted by Crippen LogP contribution is -2.38. The number of carbonyl (C=O) groups excluding carboxylic acids is 1. The number of hydrogen-bond donors (Lipinski definition) is 2. The first kappa shape index (κ1) is 34.1. The number of nitrogens with zero attached hydrogens (tertiary/aromatic N) is 3. The normalized spacial score (nSPS) is 18.8. The van der Waals surface area contributed by atoms with Crippen LogP contribution >= 0.6 is 23.1 Å². The highest BCUT2D eigenvalue weighted by atomic mass is 32.2. The fraction of sp³-hybridized carbons (Fsp3) is 0.190. The van der Waals surface area contributed by atoms with Crippen molar-refractivity contribution in [1.29, 1.82) is 0 Å². The predicted octanol–water partition coefficient (Wildman–Crippen LogP) is 8.91. The minimum Gasteiger partial charge on any atom is -0.392 e. The highest BCUT2D eigenvalue weighted by Crippen LogP contribution is 2.44. The average Bonchev–Trinajstić information content (AvgIpc) is 3.63. The van der Waals surface area contributed by atoms with Crippen molar-refractivity contribution in [3.05, 3.63) is 155 Å². The number of hydrogen-bond acceptors (Lipinski definition) is 9. The van der Waals surface area contributed by atoms with Crippen LogP contribution < -0.4 is 5.32 Å². The van der Waals surface area contributed by atoms with Gasteiger partial charge in [0.2, 0.25) is 0 Å². The monoisotopic (exact) mass is 724 g/mol. The van der Waals surface area contributed by atoms with E-state index >= 15 is 0 Å². The first-order valence-electron chi connectivity index (χ1n) is 17.2. The smallest absolute Gasteiger partial charge is 0.271 e. The molecular formula is C42H36N4O4S2. The number of aliphatic hydroxyl groups excluding tert-OH is 1. The summed E-state index contributed by atoms with van der Waals surface area (Å²) in [5.41, 5.74) is 8.64. The van der Waals surface area contributed by atoms with Crippen LogP contribution in [0.4, 0.5) is 0 Å². The number of thioether (sulfide) groups is 1. The van der Waals surface area contributed by atoms with Crippen molar-refractivity contribution in [3.8, 4) is 11.1 Å². The minimum absolute atomic E-state index is 0.00106. The number of amides is 1. The largest absolute Gasteiger partial charge is 0.392 e. The van der Waals surface area contributed by atoms with Crippen LogP contribution in [-0.2, 0) is 22.6 Å². The van der Waals surface area contributed by atoms with E-state index in [1.807, 2.05) is 78.9 Å². The number of carbonyl (C=O) groups is 1. The van der Waals surface area contributed by atoms with E-state index in [1.165, 1.54) is 10.9 Å². The molecule has 8 nitrogen and oxygen atoms in total. The quantitative estimate of drug-likeness (QED) is 0.135. The molecule has 0 unspecified atom stereocenters. The molecule has 2 N–H and O–H groups in total. The maximum atomic E-state index is 12.9. The Hall–Kier alpha value is -4.97. The Balaban J connectivity index is 0.973. The lowest BCUT2D eigenvalue weighted by atomic mass is 9.91. The number of ether oxygens (including phenoxy) is 2. The molecule has 1 aliphatic heterocycles. The first-order valence-corrected chi connectivity index (χ1v) is 19.0. The van der Waals surface area contributed by atoms with Crippen LogP contribution in [0.2, 0.25) is 0 Å². The van der Waals surface area contributed by atoms with Crippen molar-refractivity contribution in [3.63, 3.8) is 0 Å². The molecule has 0 radical (unpaired) electrons. The van der Waals surface area contributed by atoms with E-state index < -0.39 is 6.29 Å². The second-order valence-corrected chi connectivity index (χ2v) is 15.1. The summed E-state index contributed by atoms with van der Waals surface area (Å²) in [4.78, 5) is 26.5. The highest BCUT2D eigenvalue weighted by molar-refractivity contribution is 8.01. The zero-order chi connectivity index (χ0) is 35.4. The van der Waals surface area contributed by atoms with Gasteiger partial charge in [0.05, 0.1) is 46.3 Å². The van der Waals surface area contributed by atoms with Gasteiger partial charge in [-0.3, -0.25) is 9.78 Å². The van der Waals surface area contributed by atoms with E-state index in [4.69, 9.17) is 14.5 Å². The number of aromatic nitrogens is 3. The Kier molecular flexibility index (Phi) is 10.1. The SMILES string of the molecule is C[C@H]1[C@@H](CSc2nc3ccccc3s2)O[C@@H](c2ccc(-c3cccc(CNC(=O)c4cnc5ccccc5n4)c3)cc2)O[C@H]1c1ccc(CO)cc1. The molecular weight excluding hydrogens is 689 g/mol. The van der Waals surface area contributed by atoms with Gasteiger partial charge in [-0.1, -0.05) is 110 Å². The molecule has 260 valence electrons. The molecule has 10 heteroatoms. The molecule has 52 heavy (non-hydrogen) atoms. The summed E-state index contributed by atoms with van der Waals surface area (Å²) < 4.78 is 15.6. The molecule has 3 heterocycles. The lowest BCUT2D eigenvalue weighted by molar-refractivity contribution is -0.268. The van der Waals surface area contributed by atoms with Crippen molar-refractivity contribution in [2.75, 3.05) is 5.75 Å². The lowest BCUT2D eigenvalue weighted by Gasteiger charge is -2.41. The highest BCUT2D eigenvalue weighted by Gasteiger charge is 2.38. The molecule has 5 aromatic carbocycles. The third-order valence-corrected chi connectivity index (χ3v) is 11.6. The Bertz CT molecular complexity index is 2300. The summed E-state index contributed by atoms with van der Waals surface area (Å²) in [7, 11) is 0. The third kappa shape index (κ3) is 7.48. The number of benzene rings is 5. The average molecular weight is 725 g/mol. The van der Waals surface area contributed by atoms with Crippen LogP contribution in [0.5, 0.6) is 0 Å². The molecule has 1 fully saturated rings. The zero-order valence-electron chi connectivity index (χ0n) is 28.4. The van der Waals surface area contributed by atoms with E-state index in [0.717, 1.165) is 54.5 Å². The Labute approximate surface area is 309 Å². The summed E-state index contributed by atoms with van der Waals surface area (Å²) in [5.74, 6) is 0.545. The number of para-hydroxylation sites is 3. The van der Waals surface area contributed by atoms with Crippen LogP contribution in [0.15, 0.2) is 132 Å². The summed E-state index contributed by atoms with van der Waals surface area (Å²) in [6.45, 7) is 2.54. The van der Waals surface area contributed by atoms with Gasteiger partial charge in [0.25, 0.3) is 5.91 Å². The molecule has 0 spiro atoms. The Morgan fingerprint density at radius 2 is 1.54 bits per heavy atom. The molecule has 0 saturated carbocycles. The molecule has 2 aromatic heterocycles. The maximum absolute atomic E-state index is 12.9. The van der Waals surface area contributed by atoms with Crippen LogP contribution in [0.1, 0.15) is 52.1 Å². The van der Waals surface area contributed by atoms with E-state index in [1.54, 1.807) is 23.1 Å². The van der Waals surface area contributed by atoms with Gasteiger partial charge >= 0.3 is 0 Å². The van der Waals surface area contributed by atoms with Crippen molar-refractivity contribution < 1.29 is 19.4 Å². The maximum Gasteiger partial charge on any atom is 0.271 e. The molecule has 7 aromatic rings. The van der Waals surface area contributed by atoms with E-state index in [9.17, 15) is 9.90 Å². The van der Waals surface area contributed by atoms with E-state index in [2.05, 4.69) is 64.7 Å². The number of fused-ring (bicyclic) bond motifs is 2. The first-order chi connectivity index (χ1) is 25.5. The van der Waals surface area contributed by atoms with Gasteiger partial charge in [0, 0.05) is 23.8 Å². The van der Waals surface area contributed by atoms with Gasteiger partial charge in [0.1, 0.15) is 5.69 Å². The van der Waals surface area contributed by atoms with Crippen molar-refractivity contribution >= 4 is 50.3 Å². The summed E-state index contributed by atoms with van der Waals surface area (Å²) in [6.07, 6.45) is 0.660. The summed E-state index contributed by atoms with van der Waals surface area (Å²) >= 11 is 3.43. The molecule has 1 saturated heterocycles. The van der Waals surface area contributed by atoms with Gasteiger partial charge < -0.3 is 19.9 Å². The summed E-state index contributed by atoms with van der Waals surface area (Å²) in [5, 5.41) is 12.6. The third-order valence-electron chi connectivity index (χ3n) is 9.35. The van der Waals surface area contributed by atoms with E-state index in [0.29, 0.717) is 12.1 Å². The number of aliphatic hydroxyl groups is 1. The standard InChI is InChI=1S/C42H36N4O4S2/c1-26-37(25-51-42-46-35-11-4-5-12-38(35)52-42)49-41(50-39(26)30-15-13-27(24-47)14-16-30)31-19-17-29(18-20-31)32-8-6-7-28(21-32)22-44-40(48)36-23-43-33-9-2-3-10-34(33)45-36/h2-21,23,26,37,39,41,47H,22,24-25H2,1H3,(H,44,48)/t26-,37+,39+,41+/m0/s1. The minimum atomic E-state index is -0.562. The second kappa shape index (κ2) is 15.3. The van der Waals surface area contributed by atoms with Crippen LogP contribution in [0.3, 0.4) is 0 Å². The molecule has 4 atom stereocenters. The fourth-order valence-corrected chi connectivity index (χ4v) is 8.67. The van der Waals surface area contributed by atoms with Crippen molar-refractivity contribution in [2.45, 2.75) is 42.9 Å². The van der Waals surface area contributed by atoms with Crippen molar-refractivity contribution in [2.24, 2.45) is 5.92 Å². The molecule has 1 amide bonds. The van der Waals surface area contributed by atoms with E-state index in [-0.39, 0.29) is 36.3 Å². The van der Waals surface area contributed by atoms with Crippen molar-refractivity contribution in [1.82, 2.24) is 20.3 Å². The van der Waals surface area contributed by atoms with Gasteiger partial charge in [-0.05, 0) is 58.1 Å². The molecule has 1 aliphatic rings. The zero-order valence-corrected chi connectivity index (χ0v) is 30.0. The molecule has 0 bridgehead atoms. The van der Waals surface area contributed by atoms with Gasteiger partial charge in [0.15, 0.2) is 10.6 Å². The fourth-order valence-electron chi connectivity index (χ4n) is 6.41. The number of nitrogens with one attached hydrogen (secondary N) is 1. The Morgan fingerprint density at radius 3 is 2.33 bits per heavy atom. The molecule has 8 rings (SSSR count). The molecule has 0 aliphatic carbocycles. The number of rotatable bonds is 10. The van der Waals surface area contributed by atoms with Gasteiger partial charge in [-0.15, -0.1) is 11.3 Å². The second-order valence-electron chi connectivity index (χ2n) is 12.8. The van der Waals surface area contributed by atoms with Gasteiger partial charge in [-0.2, -0.15) is 0 Å². The Morgan fingerprint density at radius 1 is 0.788 bits per heavy atom. The topological polar surface area (TPSA) is 106 Å². The van der Waals surface area contributed by atoms with Crippen LogP contribution in [0.25, 0.3) is 32.4 Å². The van der Waals surface area contributed by atoms with Gasteiger partial charge in [-0.25, -0.2) is 9.97 Å². The van der Waals surface area contributed by atoms with Crippen LogP contribution in [0, 0.1) is 5.92 Å².